The molecule has 2 rings (SSSR count). The van der Waals surface area contributed by atoms with Crippen LogP contribution >= 0.6 is 0 Å². The van der Waals surface area contributed by atoms with Gasteiger partial charge in [0.1, 0.15) is 5.69 Å². The van der Waals surface area contributed by atoms with Crippen LogP contribution in [0.3, 0.4) is 0 Å². The predicted molar refractivity (Wildman–Crippen MR) is 85.7 cm³/mol. The summed E-state index contributed by atoms with van der Waals surface area (Å²) in [5.74, 6) is -1.18. The highest BCUT2D eigenvalue weighted by Gasteiger charge is 2.43. The molecule has 0 spiro atoms. The molecule has 126 valence electrons. The lowest BCUT2D eigenvalue weighted by molar-refractivity contribution is 0.0249. The number of rotatable bonds is 6. The number of ether oxygens (including phenoxy) is 1. The molecule has 0 saturated carbocycles. The molecule has 1 saturated heterocycles. The number of hydrogen-bond donors (Lipinski definition) is 1. The second-order valence-corrected chi connectivity index (χ2v) is 6.10. The third-order valence-electron chi connectivity index (χ3n) is 4.51. The van der Waals surface area contributed by atoms with Crippen LogP contribution in [0, 0.1) is 6.92 Å². The first-order valence-corrected chi connectivity index (χ1v) is 7.97. The molecular weight excluding hydrogens is 296 g/mol. The van der Waals surface area contributed by atoms with Gasteiger partial charge in [-0.2, -0.15) is 0 Å². The van der Waals surface area contributed by atoms with E-state index in [1.54, 1.807) is 14.0 Å². The van der Waals surface area contributed by atoms with E-state index < -0.39 is 5.97 Å². The number of carbonyl (C=O) groups is 2. The number of nitrogens with zero attached hydrogens (tertiary/aromatic N) is 2. The van der Waals surface area contributed by atoms with Crippen molar-refractivity contribution in [2.75, 3.05) is 20.3 Å². The zero-order valence-electron chi connectivity index (χ0n) is 14.0. The lowest BCUT2D eigenvalue weighted by Gasteiger charge is -2.38. The molecule has 1 aliphatic heterocycles. The van der Waals surface area contributed by atoms with Gasteiger partial charge < -0.3 is 14.7 Å². The Bertz CT molecular complexity index is 594. The normalized spacial score (nSPS) is 20.7. The summed E-state index contributed by atoms with van der Waals surface area (Å²) in [5.41, 5.74) is 0.503. The summed E-state index contributed by atoms with van der Waals surface area (Å²) in [6.45, 7) is 4.91. The number of aryl methyl sites for hydroxylation is 1. The molecule has 0 bridgehead atoms. The largest absolute Gasteiger partial charge is 0.478 e. The van der Waals surface area contributed by atoms with Crippen molar-refractivity contribution in [3.05, 3.63) is 29.1 Å². The van der Waals surface area contributed by atoms with Crippen LogP contribution < -0.4 is 0 Å². The highest BCUT2D eigenvalue weighted by Crippen LogP contribution is 2.35. The van der Waals surface area contributed by atoms with Crippen molar-refractivity contribution in [1.29, 1.82) is 0 Å². The van der Waals surface area contributed by atoms with Gasteiger partial charge in [-0.3, -0.25) is 4.79 Å². The van der Waals surface area contributed by atoms with Crippen LogP contribution in [0.1, 0.15) is 59.1 Å². The molecule has 1 aromatic rings. The van der Waals surface area contributed by atoms with Gasteiger partial charge in [0.05, 0.1) is 23.4 Å². The Hall–Kier alpha value is -1.95. The third-order valence-corrected chi connectivity index (χ3v) is 4.51. The number of hydrogen-bond acceptors (Lipinski definition) is 4. The van der Waals surface area contributed by atoms with Gasteiger partial charge in [-0.25, -0.2) is 9.78 Å². The lowest BCUT2D eigenvalue weighted by atomic mass is 9.91. The maximum absolute atomic E-state index is 12.9. The summed E-state index contributed by atoms with van der Waals surface area (Å²) < 4.78 is 5.38. The van der Waals surface area contributed by atoms with Gasteiger partial charge in [0.25, 0.3) is 5.91 Å². The minimum absolute atomic E-state index is 0.125. The Balaban J connectivity index is 2.31. The van der Waals surface area contributed by atoms with E-state index >= 15 is 0 Å². The maximum atomic E-state index is 12.9. The quantitative estimate of drug-likeness (QED) is 0.871. The molecule has 1 fully saturated rings. The van der Waals surface area contributed by atoms with Gasteiger partial charge >= 0.3 is 5.97 Å². The van der Waals surface area contributed by atoms with Crippen molar-refractivity contribution < 1.29 is 19.4 Å². The number of amides is 1. The van der Waals surface area contributed by atoms with E-state index in [0.717, 1.165) is 25.7 Å². The van der Waals surface area contributed by atoms with E-state index in [1.807, 2.05) is 4.90 Å². The summed E-state index contributed by atoms with van der Waals surface area (Å²) in [6.07, 6.45) is 3.73. The monoisotopic (exact) mass is 320 g/mol. The summed E-state index contributed by atoms with van der Waals surface area (Å²) in [4.78, 5) is 30.1. The van der Waals surface area contributed by atoms with Crippen molar-refractivity contribution in [2.45, 2.75) is 45.1 Å². The first-order chi connectivity index (χ1) is 10.9. The smallest absolute Gasteiger partial charge is 0.337 e. The molecule has 6 nitrogen and oxygen atoms in total. The Labute approximate surface area is 136 Å². The molecule has 23 heavy (non-hydrogen) atoms. The molecule has 0 aromatic carbocycles. The molecule has 6 heteroatoms. The third kappa shape index (κ3) is 3.37. The average molecular weight is 320 g/mol. The van der Waals surface area contributed by atoms with Crippen molar-refractivity contribution in [1.82, 2.24) is 9.88 Å². The predicted octanol–water partition coefficient (Wildman–Crippen LogP) is 2.51. The first kappa shape index (κ1) is 17.4. The SMILES string of the molecule is CCCC1(COC)CCCN1C(=O)c1ccc(C(=O)O)c(C)n1. The fourth-order valence-corrected chi connectivity index (χ4v) is 3.52. The molecule has 0 aliphatic carbocycles. The second kappa shape index (κ2) is 7.08. The summed E-state index contributed by atoms with van der Waals surface area (Å²) in [6, 6.07) is 2.95. The second-order valence-electron chi connectivity index (χ2n) is 6.10. The fraction of sp³-hybridized carbons (Fsp3) is 0.588. The van der Waals surface area contributed by atoms with Crippen LogP contribution in [0.15, 0.2) is 12.1 Å². The Morgan fingerprint density at radius 1 is 1.43 bits per heavy atom. The minimum Gasteiger partial charge on any atom is -0.478 e. The molecular formula is C17H24N2O4. The molecule has 1 unspecified atom stereocenters. The van der Waals surface area contributed by atoms with Gasteiger partial charge in [0.2, 0.25) is 0 Å². The number of methoxy groups -OCH3 is 1. The first-order valence-electron chi connectivity index (χ1n) is 7.97. The minimum atomic E-state index is -1.03. The molecule has 2 heterocycles. The summed E-state index contributed by atoms with van der Waals surface area (Å²) >= 11 is 0. The lowest BCUT2D eigenvalue weighted by Crippen LogP contribution is -2.50. The number of aromatic nitrogens is 1. The van der Waals surface area contributed by atoms with E-state index in [-0.39, 0.29) is 17.0 Å². The number of carbonyl (C=O) groups excluding carboxylic acids is 1. The molecule has 1 aromatic heterocycles. The van der Waals surface area contributed by atoms with Gasteiger partial charge in [-0.05, 0) is 38.3 Å². The number of aromatic carboxylic acids is 1. The highest BCUT2D eigenvalue weighted by atomic mass is 16.5. The van der Waals surface area contributed by atoms with Crippen LogP contribution in [0.2, 0.25) is 0 Å². The van der Waals surface area contributed by atoms with Crippen LogP contribution in [0.5, 0.6) is 0 Å². The zero-order valence-corrected chi connectivity index (χ0v) is 14.0. The zero-order chi connectivity index (χ0) is 17.0. The van der Waals surface area contributed by atoms with Crippen LogP contribution in [-0.2, 0) is 4.74 Å². The topological polar surface area (TPSA) is 79.7 Å². The Morgan fingerprint density at radius 3 is 2.74 bits per heavy atom. The van der Waals surface area contributed by atoms with E-state index in [4.69, 9.17) is 9.84 Å². The highest BCUT2D eigenvalue weighted by molar-refractivity contribution is 5.95. The molecule has 1 atom stereocenters. The van der Waals surface area contributed by atoms with Gasteiger partial charge in [0.15, 0.2) is 0 Å². The maximum Gasteiger partial charge on any atom is 0.337 e. The van der Waals surface area contributed by atoms with Crippen molar-refractivity contribution in [3.63, 3.8) is 0 Å². The van der Waals surface area contributed by atoms with E-state index in [2.05, 4.69) is 11.9 Å². The van der Waals surface area contributed by atoms with Crippen molar-refractivity contribution >= 4 is 11.9 Å². The average Bonchev–Trinajstić information content (AvgIpc) is 2.90. The van der Waals surface area contributed by atoms with Crippen molar-refractivity contribution in [2.24, 2.45) is 0 Å². The number of likely N-dealkylation sites (tertiary alicyclic amines) is 1. The summed E-state index contributed by atoms with van der Waals surface area (Å²) in [7, 11) is 1.66. The van der Waals surface area contributed by atoms with Crippen LogP contribution in [0.25, 0.3) is 0 Å². The molecule has 0 radical (unpaired) electrons. The number of carboxylic acid groups (broad SMARTS) is 1. The van der Waals surface area contributed by atoms with Gasteiger partial charge in [-0.1, -0.05) is 13.3 Å². The summed E-state index contributed by atoms with van der Waals surface area (Å²) in [5, 5.41) is 9.08. The molecule has 1 N–H and O–H groups in total. The molecule has 1 amide bonds. The van der Waals surface area contributed by atoms with E-state index in [0.29, 0.717) is 24.5 Å². The van der Waals surface area contributed by atoms with Crippen LogP contribution in [-0.4, -0.2) is 52.7 Å². The van der Waals surface area contributed by atoms with Crippen LogP contribution in [0.4, 0.5) is 0 Å². The standard InChI is InChI=1S/C17H24N2O4/c1-4-8-17(11-23-3)9-5-10-19(17)15(20)14-7-6-13(16(21)22)12(2)18-14/h6-7H,4-5,8-11H2,1-3H3,(H,21,22). The molecule has 1 aliphatic rings. The van der Waals surface area contributed by atoms with Gasteiger partial charge in [0, 0.05) is 13.7 Å². The fourth-order valence-electron chi connectivity index (χ4n) is 3.52. The van der Waals surface area contributed by atoms with E-state index in [1.165, 1.54) is 12.1 Å². The Morgan fingerprint density at radius 2 is 2.17 bits per heavy atom. The van der Waals surface area contributed by atoms with Gasteiger partial charge in [-0.15, -0.1) is 0 Å². The van der Waals surface area contributed by atoms with Crippen molar-refractivity contribution in [3.8, 4) is 0 Å². The Kier molecular flexibility index (Phi) is 5.36. The number of carboxylic acids is 1. The number of pyridine rings is 1. The van der Waals surface area contributed by atoms with E-state index in [9.17, 15) is 9.59 Å².